The molecule has 1 atom stereocenters. The van der Waals surface area contributed by atoms with E-state index >= 15 is 0 Å². The maximum atomic E-state index is 12.6. The molecule has 1 N–H and O–H groups in total. The Morgan fingerprint density at radius 2 is 1.91 bits per heavy atom. The van der Waals surface area contributed by atoms with Crippen molar-refractivity contribution in [3.05, 3.63) is 35.4 Å². The van der Waals surface area contributed by atoms with Crippen LogP contribution in [-0.4, -0.2) is 60.9 Å². The number of amides is 2. The first-order valence-corrected chi connectivity index (χ1v) is 7.80. The molecule has 1 aliphatic rings. The standard InChI is InChI=1S/C17H25N3O2/c1-13-12-19(3)10-11-20(13)17(22)16-6-4-15(5-7-16)8-9-18-14(2)21/h4-7,13H,8-12H2,1-3H3,(H,18,21)/t13-/m1/s1. The van der Waals surface area contributed by atoms with Crippen LogP contribution in [0.3, 0.4) is 0 Å². The fourth-order valence-electron chi connectivity index (χ4n) is 2.80. The van der Waals surface area contributed by atoms with Gasteiger partial charge in [0, 0.05) is 44.7 Å². The zero-order chi connectivity index (χ0) is 16.1. The molecule has 0 saturated carbocycles. The highest BCUT2D eigenvalue weighted by Gasteiger charge is 2.26. The van der Waals surface area contributed by atoms with Gasteiger partial charge in [-0.2, -0.15) is 0 Å². The molecule has 1 fully saturated rings. The smallest absolute Gasteiger partial charge is 0.254 e. The van der Waals surface area contributed by atoms with Crippen molar-refractivity contribution in [1.82, 2.24) is 15.1 Å². The predicted octanol–water partition coefficient (Wildman–Crippen LogP) is 1.14. The second-order valence-electron chi connectivity index (χ2n) is 6.04. The summed E-state index contributed by atoms with van der Waals surface area (Å²) >= 11 is 0. The Morgan fingerprint density at radius 3 is 2.50 bits per heavy atom. The Morgan fingerprint density at radius 1 is 1.23 bits per heavy atom. The topological polar surface area (TPSA) is 52.7 Å². The molecule has 0 radical (unpaired) electrons. The molecule has 0 spiro atoms. The molecule has 1 aromatic rings. The molecule has 22 heavy (non-hydrogen) atoms. The number of nitrogens with one attached hydrogen (secondary N) is 1. The van der Waals surface area contributed by atoms with Gasteiger partial charge in [-0.25, -0.2) is 0 Å². The zero-order valence-corrected chi connectivity index (χ0v) is 13.6. The molecule has 0 aliphatic carbocycles. The Bertz CT molecular complexity index is 527. The highest BCUT2D eigenvalue weighted by molar-refractivity contribution is 5.94. The molecule has 2 rings (SSSR count). The summed E-state index contributed by atoms with van der Waals surface area (Å²) in [5.41, 5.74) is 1.86. The van der Waals surface area contributed by atoms with Gasteiger partial charge in [0.05, 0.1) is 0 Å². The Hall–Kier alpha value is -1.88. The molecular weight excluding hydrogens is 278 g/mol. The molecule has 5 heteroatoms. The fourth-order valence-corrected chi connectivity index (χ4v) is 2.80. The minimum absolute atomic E-state index is 0.0177. The first kappa shape index (κ1) is 16.5. The van der Waals surface area contributed by atoms with Gasteiger partial charge in [-0.05, 0) is 38.1 Å². The number of benzene rings is 1. The van der Waals surface area contributed by atoms with Gasteiger partial charge in [0.1, 0.15) is 0 Å². The van der Waals surface area contributed by atoms with Crippen LogP contribution < -0.4 is 5.32 Å². The quantitative estimate of drug-likeness (QED) is 0.907. The van der Waals surface area contributed by atoms with Crippen molar-refractivity contribution in [2.75, 3.05) is 33.2 Å². The lowest BCUT2D eigenvalue weighted by molar-refractivity contribution is -0.118. The van der Waals surface area contributed by atoms with Gasteiger partial charge in [-0.1, -0.05) is 12.1 Å². The van der Waals surface area contributed by atoms with E-state index in [-0.39, 0.29) is 17.9 Å². The largest absolute Gasteiger partial charge is 0.356 e. The third kappa shape index (κ3) is 4.31. The van der Waals surface area contributed by atoms with Crippen LogP contribution in [0.1, 0.15) is 29.8 Å². The van der Waals surface area contributed by atoms with E-state index in [0.717, 1.165) is 37.2 Å². The number of nitrogens with zero attached hydrogens (tertiary/aromatic N) is 2. The monoisotopic (exact) mass is 303 g/mol. The van der Waals surface area contributed by atoms with Crippen molar-refractivity contribution in [1.29, 1.82) is 0 Å². The van der Waals surface area contributed by atoms with E-state index in [2.05, 4.69) is 24.2 Å². The summed E-state index contributed by atoms with van der Waals surface area (Å²) in [5.74, 6) is 0.0878. The summed E-state index contributed by atoms with van der Waals surface area (Å²) in [6.45, 7) is 6.85. The lowest BCUT2D eigenvalue weighted by atomic mass is 10.1. The van der Waals surface area contributed by atoms with Crippen molar-refractivity contribution in [2.24, 2.45) is 0 Å². The highest BCUT2D eigenvalue weighted by atomic mass is 16.2. The minimum Gasteiger partial charge on any atom is -0.356 e. The summed E-state index contributed by atoms with van der Waals surface area (Å²) in [5, 5.41) is 2.77. The van der Waals surface area contributed by atoms with Crippen LogP contribution in [0.5, 0.6) is 0 Å². The summed E-state index contributed by atoms with van der Waals surface area (Å²) in [7, 11) is 2.09. The number of carbonyl (C=O) groups is 2. The van der Waals surface area contributed by atoms with E-state index in [9.17, 15) is 9.59 Å². The zero-order valence-electron chi connectivity index (χ0n) is 13.6. The maximum absolute atomic E-state index is 12.6. The van der Waals surface area contributed by atoms with E-state index in [1.54, 1.807) is 0 Å². The van der Waals surface area contributed by atoms with Crippen LogP contribution in [0.25, 0.3) is 0 Å². The molecule has 0 aromatic heterocycles. The van der Waals surface area contributed by atoms with Crippen LogP contribution in [0.15, 0.2) is 24.3 Å². The Balaban J connectivity index is 1.94. The van der Waals surface area contributed by atoms with Gasteiger partial charge >= 0.3 is 0 Å². The normalized spacial score (nSPS) is 19.0. The number of hydrogen-bond donors (Lipinski definition) is 1. The van der Waals surface area contributed by atoms with Crippen LogP contribution in [-0.2, 0) is 11.2 Å². The van der Waals surface area contributed by atoms with Crippen molar-refractivity contribution in [3.8, 4) is 0 Å². The number of piperazine rings is 1. The molecule has 120 valence electrons. The third-order valence-electron chi connectivity index (χ3n) is 4.08. The van der Waals surface area contributed by atoms with Crippen LogP contribution in [0, 0.1) is 0 Å². The first-order chi connectivity index (χ1) is 10.5. The van der Waals surface area contributed by atoms with Gasteiger partial charge in [0.25, 0.3) is 5.91 Å². The third-order valence-corrected chi connectivity index (χ3v) is 4.08. The molecular formula is C17H25N3O2. The van der Waals surface area contributed by atoms with Crippen molar-refractivity contribution < 1.29 is 9.59 Å². The van der Waals surface area contributed by atoms with E-state index in [1.807, 2.05) is 29.2 Å². The van der Waals surface area contributed by atoms with Crippen LogP contribution in [0.2, 0.25) is 0 Å². The lowest BCUT2D eigenvalue weighted by Gasteiger charge is -2.38. The number of likely N-dealkylation sites (N-methyl/N-ethyl adjacent to an activating group) is 1. The molecule has 1 aromatic carbocycles. The average molecular weight is 303 g/mol. The maximum Gasteiger partial charge on any atom is 0.254 e. The number of rotatable bonds is 4. The Labute approximate surface area is 132 Å². The molecule has 5 nitrogen and oxygen atoms in total. The number of carbonyl (C=O) groups excluding carboxylic acids is 2. The highest BCUT2D eigenvalue weighted by Crippen LogP contribution is 2.14. The van der Waals surface area contributed by atoms with Crippen molar-refractivity contribution in [3.63, 3.8) is 0 Å². The van der Waals surface area contributed by atoms with E-state index in [0.29, 0.717) is 6.54 Å². The fraction of sp³-hybridized carbons (Fsp3) is 0.529. The van der Waals surface area contributed by atoms with E-state index < -0.39 is 0 Å². The van der Waals surface area contributed by atoms with Crippen molar-refractivity contribution in [2.45, 2.75) is 26.3 Å². The summed E-state index contributed by atoms with van der Waals surface area (Å²) in [6, 6.07) is 7.95. The Kier molecular flexibility index (Phi) is 5.55. The predicted molar refractivity (Wildman–Crippen MR) is 86.8 cm³/mol. The van der Waals surface area contributed by atoms with Gasteiger partial charge in [-0.15, -0.1) is 0 Å². The minimum atomic E-state index is -0.0177. The molecule has 1 heterocycles. The van der Waals surface area contributed by atoms with Crippen LogP contribution >= 0.6 is 0 Å². The molecule has 1 aliphatic heterocycles. The lowest BCUT2D eigenvalue weighted by Crippen LogP contribution is -2.52. The summed E-state index contributed by atoms with van der Waals surface area (Å²) in [4.78, 5) is 27.6. The second kappa shape index (κ2) is 7.40. The molecule has 0 bridgehead atoms. The average Bonchev–Trinajstić information content (AvgIpc) is 2.47. The van der Waals surface area contributed by atoms with E-state index in [4.69, 9.17) is 0 Å². The van der Waals surface area contributed by atoms with Gasteiger partial charge in [-0.3, -0.25) is 9.59 Å². The molecule has 1 saturated heterocycles. The molecule has 2 amide bonds. The summed E-state index contributed by atoms with van der Waals surface area (Å²) < 4.78 is 0. The summed E-state index contributed by atoms with van der Waals surface area (Å²) in [6.07, 6.45) is 0.777. The van der Waals surface area contributed by atoms with Crippen LogP contribution in [0.4, 0.5) is 0 Å². The van der Waals surface area contributed by atoms with Gasteiger partial charge in [0.15, 0.2) is 0 Å². The molecule has 0 unspecified atom stereocenters. The van der Waals surface area contributed by atoms with Gasteiger partial charge < -0.3 is 15.1 Å². The second-order valence-corrected chi connectivity index (χ2v) is 6.04. The van der Waals surface area contributed by atoms with E-state index in [1.165, 1.54) is 6.92 Å². The number of hydrogen-bond acceptors (Lipinski definition) is 3. The van der Waals surface area contributed by atoms with Gasteiger partial charge in [0.2, 0.25) is 5.91 Å². The van der Waals surface area contributed by atoms with Crippen molar-refractivity contribution >= 4 is 11.8 Å². The SMILES string of the molecule is CC(=O)NCCc1ccc(C(=O)N2CCN(C)C[C@H]2C)cc1. The first-order valence-electron chi connectivity index (χ1n) is 7.80.